The van der Waals surface area contributed by atoms with E-state index in [9.17, 15) is 0 Å². The molecule has 5 heteroatoms. The summed E-state index contributed by atoms with van der Waals surface area (Å²) in [5, 5.41) is 5.07. The average molecular weight is 251 g/mol. The first-order valence-corrected chi connectivity index (χ1v) is 5.97. The van der Waals surface area contributed by atoms with Crippen LogP contribution in [-0.4, -0.2) is 14.8 Å². The minimum absolute atomic E-state index is 0.397. The van der Waals surface area contributed by atoms with Gasteiger partial charge in [0.05, 0.1) is 5.69 Å². The van der Waals surface area contributed by atoms with Gasteiger partial charge < -0.3 is 5.73 Å². The third-order valence-corrected chi connectivity index (χ3v) is 2.96. The van der Waals surface area contributed by atoms with Gasteiger partial charge in [-0.15, -0.1) is 5.10 Å². The molecule has 2 N–H and O–H groups in total. The van der Waals surface area contributed by atoms with Gasteiger partial charge in [-0.3, -0.25) is 0 Å². The number of halogens is 1. The number of rotatable bonds is 3. The van der Waals surface area contributed by atoms with Gasteiger partial charge in [0.15, 0.2) is 5.82 Å². The van der Waals surface area contributed by atoms with Gasteiger partial charge in [0.25, 0.3) is 0 Å². The number of anilines is 1. The van der Waals surface area contributed by atoms with Crippen molar-refractivity contribution < 1.29 is 0 Å². The van der Waals surface area contributed by atoms with E-state index in [0.29, 0.717) is 11.0 Å². The molecular formula is C12H15ClN4. The molecule has 0 aliphatic rings. The molecule has 17 heavy (non-hydrogen) atoms. The number of aryl methyl sites for hydroxylation is 2. The fraction of sp³-hybridized carbons (Fsp3) is 0.333. The third kappa shape index (κ3) is 2.42. The maximum Gasteiger partial charge on any atom is 0.223 e. The fourth-order valence-corrected chi connectivity index (χ4v) is 1.78. The highest BCUT2D eigenvalue weighted by Crippen LogP contribution is 2.20. The van der Waals surface area contributed by atoms with E-state index in [1.807, 2.05) is 25.1 Å². The Labute approximate surface area is 105 Å². The molecule has 1 heterocycles. The molecule has 1 aromatic carbocycles. The Bertz CT molecular complexity index is 533. The van der Waals surface area contributed by atoms with Crippen LogP contribution in [0.15, 0.2) is 18.2 Å². The Morgan fingerprint density at radius 2 is 2.18 bits per heavy atom. The van der Waals surface area contributed by atoms with Crippen LogP contribution in [0.25, 0.3) is 5.69 Å². The smallest absolute Gasteiger partial charge is 0.223 e. The predicted octanol–water partition coefficient (Wildman–Crippen LogP) is 2.76. The van der Waals surface area contributed by atoms with Crippen LogP contribution in [0.4, 0.5) is 5.95 Å². The summed E-state index contributed by atoms with van der Waals surface area (Å²) < 4.78 is 1.62. The molecule has 0 aliphatic carbocycles. The van der Waals surface area contributed by atoms with Gasteiger partial charge in [-0.25, -0.2) is 0 Å². The van der Waals surface area contributed by atoms with Crippen molar-refractivity contribution in [2.24, 2.45) is 0 Å². The van der Waals surface area contributed by atoms with E-state index in [0.717, 1.165) is 29.9 Å². The van der Waals surface area contributed by atoms with Crippen molar-refractivity contribution in [3.8, 4) is 5.69 Å². The van der Waals surface area contributed by atoms with Crippen LogP contribution in [0.3, 0.4) is 0 Å². The molecule has 0 unspecified atom stereocenters. The molecule has 0 saturated heterocycles. The second-order valence-corrected chi connectivity index (χ2v) is 4.39. The monoisotopic (exact) mass is 250 g/mol. The normalized spacial score (nSPS) is 10.8. The highest BCUT2D eigenvalue weighted by Gasteiger charge is 2.09. The minimum atomic E-state index is 0.397. The maximum absolute atomic E-state index is 6.08. The van der Waals surface area contributed by atoms with E-state index >= 15 is 0 Å². The Kier molecular flexibility index (Phi) is 3.33. The van der Waals surface area contributed by atoms with Crippen molar-refractivity contribution in [1.82, 2.24) is 14.8 Å². The number of benzene rings is 1. The van der Waals surface area contributed by atoms with Crippen molar-refractivity contribution in [3.05, 3.63) is 34.6 Å². The van der Waals surface area contributed by atoms with Crippen LogP contribution in [0.2, 0.25) is 5.02 Å². The highest BCUT2D eigenvalue weighted by atomic mass is 35.5. The van der Waals surface area contributed by atoms with Gasteiger partial charge in [-0.1, -0.05) is 24.6 Å². The average Bonchev–Trinajstić information content (AvgIpc) is 2.64. The first-order chi connectivity index (χ1) is 8.11. The van der Waals surface area contributed by atoms with E-state index < -0.39 is 0 Å². The summed E-state index contributed by atoms with van der Waals surface area (Å²) in [6.45, 7) is 4.04. The third-order valence-electron chi connectivity index (χ3n) is 2.55. The number of hydrogen-bond acceptors (Lipinski definition) is 3. The van der Waals surface area contributed by atoms with Gasteiger partial charge in [-0.05, 0) is 31.0 Å². The Balaban J connectivity index is 2.41. The van der Waals surface area contributed by atoms with E-state index in [1.165, 1.54) is 0 Å². The summed E-state index contributed by atoms with van der Waals surface area (Å²) in [6.07, 6.45) is 1.83. The van der Waals surface area contributed by atoms with E-state index in [1.54, 1.807) is 4.68 Å². The SMILES string of the molecule is CCCc1nc(N)n(-c2ccc(C)c(Cl)c2)n1. The summed E-state index contributed by atoms with van der Waals surface area (Å²) in [5.74, 6) is 1.16. The Hall–Kier alpha value is -1.55. The van der Waals surface area contributed by atoms with Gasteiger partial charge >= 0.3 is 0 Å². The van der Waals surface area contributed by atoms with Crippen LogP contribution in [0.5, 0.6) is 0 Å². The molecule has 0 saturated carbocycles. The zero-order valence-electron chi connectivity index (χ0n) is 9.94. The van der Waals surface area contributed by atoms with E-state index in [4.69, 9.17) is 17.3 Å². The molecule has 0 amide bonds. The second-order valence-electron chi connectivity index (χ2n) is 3.98. The molecule has 0 bridgehead atoms. The van der Waals surface area contributed by atoms with Crippen LogP contribution < -0.4 is 5.73 Å². The molecule has 0 fully saturated rings. The number of nitrogens with two attached hydrogens (primary N) is 1. The lowest BCUT2D eigenvalue weighted by atomic mass is 10.2. The van der Waals surface area contributed by atoms with Crippen molar-refractivity contribution >= 4 is 17.5 Å². The molecule has 0 atom stereocenters. The van der Waals surface area contributed by atoms with Gasteiger partial charge in [-0.2, -0.15) is 9.67 Å². The molecule has 0 spiro atoms. The summed E-state index contributed by atoms with van der Waals surface area (Å²) in [5.41, 5.74) is 7.71. The Morgan fingerprint density at radius 3 is 2.82 bits per heavy atom. The zero-order valence-corrected chi connectivity index (χ0v) is 10.7. The van der Waals surface area contributed by atoms with Crippen molar-refractivity contribution in [3.63, 3.8) is 0 Å². The lowest BCUT2D eigenvalue weighted by Gasteiger charge is -2.04. The van der Waals surface area contributed by atoms with Crippen LogP contribution in [0.1, 0.15) is 24.7 Å². The summed E-state index contributed by atoms with van der Waals surface area (Å²) in [6, 6.07) is 5.72. The molecule has 1 aromatic heterocycles. The number of hydrogen-bond donors (Lipinski definition) is 1. The molecular weight excluding hydrogens is 236 g/mol. The lowest BCUT2D eigenvalue weighted by Crippen LogP contribution is -2.02. The van der Waals surface area contributed by atoms with Crippen molar-refractivity contribution in [2.45, 2.75) is 26.7 Å². The van der Waals surface area contributed by atoms with Gasteiger partial charge in [0.1, 0.15) is 0 Å². The second kappa shape index (κ2) is 4.75. The molecule has 2 aromatic rings. The molecule has 0 aliphatic heterocycles. The van der Waals surface area contributed by atoms with E-state index in [2.05, 4.69) is 17.0 Å². The van der Waals surface area contributed by atoms with Crippen molar-refractivity contribution in [2.75, 3.05) is 5.73 Å². The molecule has 2 rings (SSSR count). The first-order valence-electron chi connectivity index (χ1n) is 5.59. The topological polar surface area (TPSA) is 56.7 Å². The van der Waals surface area contributed by atoms with Gasteiger partial charge in [0.2, 0.25) is 5.95 Å². The number of nitrogens with zero attached hydrogens (tertiary/aromatic N) is 3. The summed E-state index contributed by atoms with van der Waals surface area (Å²) in [7, 11) is 0. The standard InChI is InChI=1S/C12H15ClN4/c1-3-4-11-15-12(14)17(16-11)9-6-5-8(2)10(13)7-9/h5-7H,3-4H2,1-2H3,(H2,14,15,16). The highest BCUT2D eigenvalue weighted by molar-refractivity contribution is 6.31. The summed E-state index contributed by atoms with van der Waals surface area (Å²) >= 11 is 6.08. The summed E-state index contributed by atoms with van der Waals surface area (Å²) in [4.78, 5) is 4.22. The van der Waals surface area contributed by atoms with E-state index in [-0.39, 0.29) is 0 Å². The quantitative estimate of drug-likeness (QED) is 0.911. The zero-order chi connectivity index (χ0) is 12.4. The largest absolute Gasteiger partial charge is 0.368 e. The maximum atomic E-state index is 6.08. The molecule has 0 radical (unpaired) electrons. The van der Waals surface area contributed by atoms with Crippen LogP contribution in [-0.2, 0) is 6.42 Å². The van der Waals surface area contributed by atoms with Gasteiger partial charge in [0, 0.05) is 11.4 Å². The van der Waals surface area contributed by atoms with Crippen LogP contribution >= 0.6 is 11.6 Å². The minimum Gasteiger partial charge on any atom is -0.368 e. The Morgan fingerprint density at radius 1 is 1.41 bits per heavy atom. The predicted molar refractivity (Wildman–Crippen MR) is 69.5 cm³/mol. The van der Waals surface area contributed by atoms with Crippen LogP contribution in [0, 0.1) is 6.92 Å². The first kappa shape index (κ1) is 11.9. The lowest BCUT2D eigenvalue weighted by molar-refractivity contribution is 0.801. The molecule has 90 valence electrons. The molecule has 4 nitrogen and oxygen atoms in total. The van der Waals surface area contributed by atoms with Crippen molar-refractivity contribution in [1.29, 1.82) is 0 Å². The number of nitrogen functional groups attached to an aromatic ring is 1. The fourth-order valence-electron chi connectivity index (χ4n) is 1.60. The number of aromatic nitrogens is 3.